The molecule has 22 heavy (non-hydrogen) atoms. The average Bonchev–Trinajstić information content (AvgIpc) is 2.56. The van der Waals surface area contributed by atoms with E-state index in [0.29, 0.717) is 5.56 Å². The van der Waals surface area contributed by atoms with Crippen molar-refractivity contribution >= 4 is 11.7 Å². The van der Waals surface area contributed by atoms with E-state index >= 15 is 0 Å². The van der Waals surface area contributed by atoms with E-state index in [9.17, 15) is 4.79 Å². The number of pyridine rings is 1. The highest BCUT2D eigenvalue weighted by molar-refractivity contribution is 5.95. The number of aryl methyl sites for hydroxylation is 1. The molecule has 3 N–H and O–H groups in total. The molecule has 114 valence electrons. The van der Waals surface area contributed by atoms with E-state index in [1.54, 1.807) is 0 Å². The van der Waals surface area contributed by atoms with Crippen molar-refractivity contribution in [1.29, 1.82) is 0 Å². The fourth-order valence-corrected chi connectivity index (χ4v) is 2.70. The number of nitrogens with two attached hydrogens (primary N) is 1. The van der Waals surface area contributed by atoms with Gasteiger partial charge in [0, 0.05) is 43.5 Å². The highest BCUT2D eigenvalue weighted by Crippen LogP contribution is 2.23. The van der Waals surface area contributed by atoms with Gasteiger partial charge in [0.1, 0.15) is 5.82 Å². The molecule has 1 aliphatic rings. The zero-order chi connectivity index (χ0) is 15.5. The van der Waals surface area contributed by atoms with E-state index in [1.807, 2.05) is 43.5 Å². The molecular weight excluding hydrogens is 276 g/mol. The number of carbonyl (C=O) groups is 1. The van der Waals surface area contributed by atoms with E-state index in [0.717, 1.165) is 48.7 Å². The number of rotatable bonds is 3. The number of hydrogen-bond acceptors (Lipinski definition) is 4. The molecule has 1 aromatic heterocycles. The second-order valence-electron chi connectivity index (χ2n) is 5.54. The monoisotopic (exact) mass is 296 g/mol. The average molecular weight is 296 g/mol. The van der Waals surface area contributed by atoms with Gasteiger partial charge in [-0.3, -0.25) is 4.79 Å². The van der Waals surface area contributed by atoms with Gasteiger partial charge in [-0.1, -0.05) is 12.1 Å². The number of amides is 1. The summed E-state index contributed by atoms with van der Waals surface area (Å²) in [6.45, 7) is 5.81. The molecule has 1 aromatic carbocycles. The number of aromatic nitrogens is 1. The summed E-state index contributed by atoms with van der Waals surface area (Å²) >= 11 is 0. The van der Waals surface area contributed by atoms with Crippen LogP contribution in [0.15, 0.2) is 36.5 Å². The van der Waals surface area contributed by atoms with E-state index in [1.165, 1.54) is 0 Å². The predicted molar refractivity (Wildman–Crippen MR) is 88.0 cm³/mol. The molecule has 5 nitrogen and oxygen atoms in total. The Morgan fingerprint density at radius 2 is 1.91 bits per heavy atom. The van der Waals surface area contributed by atoms with Gasteiger partial charge in [-0.15, -0.1) is 0 Å². The van der Waals surface area contributed by atoms with Gasteiger partial charge in [-0.25, -0.2) is 4.98 Å². The molecule has 0 spiro atoms. The van der Waals surface area contributed by atoms with E-state index in [4.69, 9.17) is 5.73 Å². The Morgan fingerprint density at radius 1 is 1.18 bits per heavy atom. The SMILES string of the molecule is Cc1ccc(-c2ccc(N3CCNCC3)nc2)cc1C(N)=O. The van der Waals surface area contributed by atoms with Crippen LogP contribution in [0.3, 0.4) is 0 Å². The maximum absolute atomic E-state index is 11.5. The number of carbonyl (C=O) groups excluding carboxylic acids is 1. The van der Waals surface area contributed by atoms with E-state index < -0.39 is 5.91 Å². The fourth-order valence-electron chi connectivity index (χ4n) is 2.70. The molecule has 0 radical (unpaired) electrons. The van der Waals surface area contributed by atoms with Crippen LogP contribution >= 0.6 is 0 Å². The Balaban J connectivity index is 1.86. The van der Waals surface area contributed by atoms with Crippen LogP contribution in [0.2, 0.25) is 0 Å². The summed E-state index contributed by atoms with van der Waals surface area (Å²) in [5, 5.41) is 3.33. The third-order valence-electron chi connectivity index (χ3n) is 4.03. The Morgan fingerprint density at radius 3 is 2.55 bits per heavy atom. The van der Waals surface area contributed by atoms with Gasteiger partial charge in [0.15, 0.2) is 0 Å². The second kappa shape index (κ2) is 6.15. The van der Waals surface area contributed by atoms with Crippen LogP contribution in [0.1, 0.15) is 15.9 Å². The van der Waals surface area contributed by atoms with E-state index in [-0.39, 0.29) is 0 Å². The molecule has 2 aromatic rings. The van der Waals surface area contributed by atoms with Crippen molar-refractivity contribution in [2.24, 2.45) is 5.73 Å². The first-order valence-electron chi connectivity index (χ1n) is 7.48. The molecule has 1 aliphatic heterocycles. The molecule has 2 heterocycles. The lowest BCUT2D eigenvalue weighted by molar-refractivity contribution is 0.1000. The lowest BCUT2D eigenvalue weighted by atomic mass is 10.0. The first-order valence-corrected chi connectivity index (χ1v) is 7.48. The topological polar surface area (TPSA) is 71.2 Å². The molecule has 0 bridgehead atoms. The standard InChI is InChI=1S/C17H20N4O/c1-12-2-3-13(10-15(12)17(18)22)14-4-5-16(20-11-14)21-8-6-19-7-9-21/h2-5,10-11,19H,6-9H2,1H3,(H2,18,22). The molecule has 3 rings (SSSR count). The third-order valence-corrected chi connectivity index (χ3v) is 4.03. The van der Waals surface area contributed by atoms with Gasteiger partial charge in [0.2, 0.25) is 5.91 Å². The normalized spacial score (nSPS) is 14.9. The maximum atomic E-state index is 11.5. The number of anilines is 1. The minimum absolute atomic E-state index is 0.398. The maximum Gasteiger partial charge on any atom is 0.248 e. The summed E-state index contributed by atoms with van der Waals surface area (Å²) in [5.41, 5.74) is 8.81. The molecule has 1 fully saturated rings. The van der Waals surface area contributed by atoms with Crippen molar-refractivity contribution in [3.8, 4) is 11.1 Å². The van der Waals surface area contributed by atoms with Gasteiger partial charge in [-0.2, -0.15) is 0 Å². The van der Waals surface area contributed by atoms with Crippen LogP contribution in [-0.2, 0) is 0 Å². The number of piperazine rings is 1. The molecule has 0 atom stereocenters. The molecule has 5 heteroatoms. The first kappa shape index (κ1) is 14.5. The van der Waals surface area contributed by atoms with Crippen LogP contribution in [0.5, 0.6) is 0 Å². The fraction of sp³-hybridized carbons (Fsp3) is 0.294. The third kappa shape index (κ3) is 2.94. The minimum atomic E-state index is -0.398. The number of nitrogens with zero attached hydrogens (tertiary/aromatic N) is 2. The van der Waals surface area contributed by atoms with Crippen LogP contribution < -0.4 is 16.0 Å². The smallest absolute Gasteiger partial charge is 0.248 e. The van der Waals surface area contributed by atoms with Crippen molar-refractivity contribution < 1.29 is 4.79 Å². The Labute approximate surface area is 130 Å². The van der Waals surface area contributed by atoms with Crippen molar-refractivity contribution in [1.82, 2.24) is 10.3 Å². The summed E-state index contributed by atoms with van der Waals surface area (Å²) in [4.78, 5) is 18.3. The van der Waals surface area contributed by atoms with Crippen LogP contribution in [0.25, 0.3) is 11.1 Å². The predicted octanol–water partition coefficient (Wildman–Crippen LogP) is 1.57. The molecule has 0 saturated carbocycles. The zero-order valence-corrected chi connectivity index (χ0v) is 12.7. The molecule has 0 unspecified atom stereocenters. The minimum Gasteiger partial charge on any atom is -0.366 e. The summed E-state index contributed by atoms with van der Waals surface area (Å²) in [6.07, 6.45) is 1.85. The van der Waals surface area contributed by atoms with Crippen LogP contribution in [0.4, 0.5) is 5.82 Å². The summed E-state index contributed by atoms with van der Waals surface area (Å²) < 4.78 is 0. The lowest BCUT2D eigenvalue weighted by Crippen LogP contribution is -2.43. The van der Waals surface area contributed by atoms with Crippen LogP contribution in [-0.4, -0.2) is 37.1 Å². The van der Waals surface area contributed by atoms with Gasteiger partial charge < -0.3 is 16.0 Å². The van der Waals surface area contributed by atoms with Gasteiger partial charge in [0.05, 0.1) is 0 Å². The summed E-state index contributed by atoms with van der Waals surface area (Å²) in [5.74, 6) is 0.595. The molecule has 1 amide bonds. The first-order chi connectivity index (χ1) is 10.6. The number of hydrogen-bond donors (Lipinski definition) is 2. The van der Waals surface area contributed by atoms with E-state index in [2.05, 4.69) is 15.2 Å². The largest absolute Gasteiger partial charge is 0.366 e. The zero-order valence-electron chi connectivity index (χ0n) is 12.7. The van der Waals surface area contributed by atoms with Crippen molar-refractivity contribution in [2.45, 2.75) is 6.92 Å². The summed E-state index contributed by atoms with van der Waals surface area (Å²) in [7, 11) is 0. The second-order valence-corrected chi connectivity index (χ2v) is 5.54. The Hall–Kier alpha value is -2.40. The Bertz CT molecular complexity index is 676. The molecule has 1 saturated heterocycles. The number of nitrogens with one attached hydrogen (secondary N) is 1. The van der Waals surface area contributed by atoms with Crippen molar-refractivity contribution in [3.05, 3.63) is 47.7 Å². The molecule has 0 aliphatic carbocycles. The van der Waals surface area contributed by atoms with Gasteiger partial charge >= 0.3 is 0 Å². The van der Waals surface area contributed by atoms with Crippen LogP contribution in [0, 0.1) is 6.92 Å². The number of primary amides is 1. The number of benzene rings is 1. The highest BCUT2D eigenvalue weighted by atomic mass is 16.1. The quantitative estimate of drug-likeness (QED) is 0.902. The van der Waals surface area contributed by atoms with Crippen molar-refractivity contribution in [2.75, 3.05) is 31.1 Å². The Kier molecular flexibility index (Phi) is 4.06. The van der Waals surface area contributed by atoms with Gasteiger partial charge in [-0.05, 0) is 36.2 Å². The molecular formula is C17H20N4O. The summed E-state index contributed by atoms with van der Waals surface area (Å²) in [6, 6.07) is 9.81. The highest BCUT2D eigenvalue weighted by Gasteiger charge is 2.12. The lowest BCUT2D eigenvalue weighted by Gasteiger charge is -2.28. The van der Waals surface area contributed by atoms with Gasteiger partial charge in [0.25, 0.3) is 0 Å². The van der Waals surface area contributed by atoms with Crippen molar-refractivity contribution in [3.63, 3.8) is 0 Å².